The van der Waals surface area contributed by atoms with Gasteiger partial charge in [-0.1, -0.05) is 0 Å². The Morgan fingerprint density at radius 3 is 3.17 bits per heavy atom. The molecular weight excluding hydrogens is 232 g/mol. The number of aromatic nitrogens is 5. The number of nitrogens with zero attached hydrogens (tertiary/aromatic N) is 4. The highest BCUT2D eigenvalue weighted by Crippen LogP contribution is 2.08. The quantitative estimate of drug-likeness (QED) is 0.702. The van der Waals surface area contributed by atoms with Crippen molar-refractivity contribution in [2.75, 3.05) is 5.32 Å². The summed E-state index contributed by atoms with van der Waals surface area (Å²) in [5.41, 5.74) is 2.16. The van der Waals surface area contributed by atoms with Gasteiger partial charge in [-0.05, 0) is 24.6 Å². The number of aromatic amines is 1. The van der Waals surface area contributed by atoms with Crippen molar-refractivity contribution in [1.29, 1.82) is 0 Å². The Morgan fingerprint density at radius 2 is 2.39 bits per heavy atom. The van der Waals surface area contributed by atoms with Crippen molar-refractivity contribution in [1.82, 2.24) is 24.6 Å². The average molecular weight is 242 g/mol. The van der Waals surface area contributed by atoms with Crippen LogP contribution in [0, 0.1) is 6.92 Å². The molecule has 2 N–H and O–H groups in total. The third kappa shape index (κ3) is 1.81. The second-order valence-corrected chi connectivity index (χ2v) is 3.88. The van der Waals surface area contributed by atoms with Crippen LogP contribution in [-0.2, 0) is 0 Å². The summed E-state index contributed by atoms with van der Waals surface area (Å²) in [6, 6.07) is 3.86. The van der Waals surface area contributed by atoms with Crippen LogP contribution in [0.2, 0.25) is 0 Å². The van der Waals surface area contributed by atoms with E-state index in [-0.39, 0.29) is 5.91 Å². The van der Waals surface area contributed by atoms with Crippen molar-refractivity contribution in [3.63, 3.8) is 0 Å². The van der Waals surface area contributed by atoms with Crippen molar-refractivity contribution >= 4 is 17.5 Å². The molecule has 0 aliphatic heterocycles. The molecule has 0 aromatic carbocycles. The Bertz CT molecular complexity index is 699. The summed E-state index contributed by atoms with van der Waals surface area (Å²) in [7, 11) is 0. The molecule has 0 spiro atoms. The molecule has 0 fully saturated rings. The minimum absolute atomic E-state index is 0.299. The summed E-state index contributed by atoms with van der Waals surface area (Å²) in [4.78, 5) is 20.0. The molecular formula is C11H10N6O. The van der Waals surface area contributed by atoms with E-state index in [4.69, 9.17) is 0 Å². The Hall–Kier alpha value is -2.70. The van der Waals surface area contributed by atoms with Crippen LogP contribution in [0.5, 0.6) is 0 Å². The molecule has 0 saturated carbocycles. The number of fused-ring (bicyclic) bond motifs is 1. The first-order valence-corrected chi connectivity index (χ1v) is 5.34. The van der Waals surface area contributed by atoms with Gasteiger partial charge in [0.1, 0.15) is 17.7 Å². The van der Waals surface area contributed by atoms with Gasteiger partial charge in [0, 0.05) is 12.4 Å². The number of pyridine rings is 1. The number of rotatable bonds is 2. The van der Waals surface area contributed by atoms with E-state index in [0.29, 0.717) is 11.6 Å². The van der Waals surface area contributed by atoms with Gasteiger partial charge in [-0.25, -0.2) is 10.1 Å². The molecule has 3 aromatic heterocycles. The van der Waals surface area contributed by atoms with E-state index in [9.17, 15) is 4.79 Å². The number of anilines is 1. The lowest BCUT2D eigenvalue weighted by Crippen LogP contribution is -2.13. The van der Waals surface area contributed by atoms with Crippen molar-refractivity contribution in [3.05, 3.63) is 42.1 Å². The van der Waals surface area contributed by atoms with Crippen LogP contribution in [0.15, 0.2) is 30.9 Å². The Morgan fingerprint density at radius 1 is 1.50 bits per heavy atom. The number of imidazole rings is 1. The molecule has 1 amide bonds. The number of hydrogen-bond acceptors (Lipinski definition) is 4. The average Bonchev–Trinajstić information content (AvgIpc) is 2.96. The van der Waals surface area contributed by atoms with Gasteiger partial charge in [0.2, 0.25) is 5.95 Å². The van der Waals surface area contributed by atoms with Gasteiger partial charge in [0.15, 0.2) is 0 Å². The second kappa shape index (κ2) is 3.95. The van der Waals surface area contributed by atoms with Gasteiger partial charge in [0.05, 0.1) is 0 Å². The standard InChI is InChI=1S/C11H10N6O/c1-7-2-3-17-5-8(14-9(17)4-7)10(18)15-11-12-6-13-16-11/h2-6H,1H3,(H2,12,13,15,16,18). The fraction of sp³-hybridized carbons (Fsp3) is 0.0909. The smallest absolute Gasteiger partial charge is 0.278 e. The molecule has 0 bridgehead atoms. The summed E-state index contributed by atoms with van der Waals surface area (Å²) >= 11 is 0. The van der Waals surface area contributed by atoms with Crippen molar-refractivity contribution < 1.29 is 4.79 Å². The molecule has 18 heavy (non-hydrogen) atoms. The lowest BCUT2D eigenvalue weighted by molar-refractivity contribution is 0.102. The summed E-state index contributed by atoms with van der Waals surface area (Å²) in [6.07, 6.45) is 4.85. The fourth-order valence-corrected chi connectivity index (χ4v) is 1.63. The van der Waals surface area contributed by atoms with Gasteiger partial charge in [-0.3, -0.25) is 10.1 Å². The Labute approximate surface area is 102 Å². The van der Waals surface area contributed by atoms with Gasteiger partial charge < -0.3 is 4.40 Å². The van der Waals surface area contributed by atoms with Gasteiger partial charge >= 0.3 is 0 Å². The number of nitrogens with one attached hydrogen (secondary N) is 2. The van der Waals surface area contributed by atoms with Gasteiger partial charge in [-0.2, -0.15) is 10.1 Å². The molecule has 0 atom stereocenters. The van der Waals surface area contributed by atoms with E-state index in [1.54, 1.807) is 10.6 Å². The van der Waals surface area contributed by atoms with E-state index in [0.717, 1.165) is 11.2 Å². The normalized spacial score (nSPS) is 10.7. The number of carbonyl (C=O) groups excluding carboxylic acids is 1. The van der Waals surface area contributed by atoms with E-state index < -0.39 is 0 Å². The maximum Gasteiger partial charge on any atom is 0.278 e. The number of hydrogen-bond donors (Lipinski definition) is 2. The summed E-state index contributed by atoms with van der Waals surface area (Å²) in [5.74, 6) is -0.0265. The van der Waals surface area contributed by atoms with Crippen LogP contribution < -0.4 is 5.32 Å². The highest BCUT2D eigenvalue weighted by molar-refractivity contribution is 6.02. The summed E-state index contributed by atoms with van der Waals surface area (Å²) in [5, 5.41) is 8.77. The molecule has 7 heteroatoms. The molecule has 0 unspecified atom stereocenters. The molecule has 7 nitrogen and oxygen atoms in total. The zero-order chi connectivity index (χ0) is 12.5. The van der Waals surface area contributed by atoms with Crippen molar-refractivity contribution in [2.45, 2.75) is 6.92 Å². The number of aryl methyl sites for hydroxylation is 1. The molecule has 3 aromatic rings. The zero-order valence-electron chi connectivity index (χ0n) is 9.58. The Kier molecular flexibility index (Phi) is 2.30. The van der Waals surface area contributed by atoms with E-state index in [1.165, 1.54) is 6.33 Å². The fourth-order valence-electron chi connectivity index (χ4n) is 1.63. The maximum absolute atomic E-state index is 11.9. The largest absolute Gasteiger partial charge is 0.306 e. The third-order valence-electron chi connectivity index (χ3n) is 2.50. The van der Waals surface area contributed by atoms with Crippen LogP contribution in [-0.4, -0.2) is 30.5 Å². The lowest BCUT2D eigenvalue weighted by atomic mass is 10.3. The van der Waals surface area contributed by atoms with Gasteiger partial charge in [0.25, 0.3) is 5.91 Å². The van der Waals surface area contributed by atoms with Crippen LogP contribution in [0.4, 0.5) is 5.95 Å². The van der Waals surface area contributed by atoms with E-state index in [2.05, 4.69) is 25.5 Å². The number of H-pyrrole nitrogens is 1. The zero-order valence-corrected chi connectivity index (χ0v) is 9.58. The van der Waals surface area contributed by atoms with Crippen molar-refractivity contribution in [3.8, 4) is 0 Å². The topological polar surface area (TPSA) is 88.0 Å². The first-order valence-electron chi connectivity index (χ1n) is 5.34. The van der Waals surface area contributed by atoms with E-state index >= 15 is 0 Å². The first-order chi connectivity index (χ1) is 8.72. The molecule has 0 radical (unpaired) electrons. The van der Waals surface area contributed by atoms with E-state index in [1.807, 2.05) is 25.3 Å². The predicted molar refractivity (Wildman–Crippen MR) is 64.3 cm³/mol. The van der Waals surface area contributed by atoms with Crippen LogP contribution in [0.3, 0.4) is 0 Å². The number of carbonyl (C=O) groups is 1. The Balaban J connectivity index is 1.92. The second-order valence-electron chi connectivity index (χ2n) is 3.88. The molecule has 0 saturated heterocycles. The molecule has 0 aliphatic carbocycles. The summed E-state index contributed by atoms with van der Waals surface area (Å²) < 4.78 is 1.79. The van der Waals surface area contributed by atoms with Crippen molar-refractivity contribution in [2.24, 2.45) is 0 Å². The highest BCUT2D eigenvalue weighted by Gasteiger charge is 2.11. The minimum Gasteiger partial charge on any atom is -0.306 e. The van der Waals surface area contributed by atoms with Crippen LogP contribution in [0.25, 0.3) is 5.65 Å². The molecule has 3 rings (SSSR count). The number of amides is 1. The highest BCUT2D eigenvalue weighted by atomic mass is 16.2. The first kappa shape index (κ1) is 10.5. The third-order valence-corrected chi connectivity index (χ3v) is 2.50. The lowest BCUT2D eigenvalue weighted by Gasteiger charge is -1.95. The summed E-state index contributed by atoms with van der Waals surface area (Å²) in [6.45, 7) is 1.98. The van der Waals surface area contributed by atoms with Crippen LogP contribution in [0.1, 0.15) is 16.1 Å². The maximum atomic E-state index is 11.9. The molecule has 90 valence electrons. The predicted octanol–water partition coefficient (Wildman–Crippen LogP) is 1.01. The minimum atomic E-state index is -0.326. The van der Waals surface area contributed by atoms with Crippen LogP contribution >= 0.6 is 0 Å². The monoisotopic (exact) mass is 242 g/mol. The molecule has 3 heterocycles. The van der Waals surface area contributed by atoms with Gasteiger partial charge in [-0.15, -0.1) is 0 Å². The SMILES string of the molecule is Cc1ccn2cc(C(=O)Nc3ncn[nH]3)nc2c1. The molecule has 0 aliphatic rings.